The zero-order chi connectivity index (χ0) is 20.5. The highest BCUT2D eigenvalue weighted by atomic mass is 32.2. The van der Waals surface area contributed by atoms with Crippen LogP contribution >= 0.6 is 0 Å². The van der Waals surface area contributed by atoms with Crippen LogP contribution in [0.15, 0.2) is 40.3 Å². The van der Waals surface area contributed by atoms with Gasteiger partial charge in [-0.1, -0.05) is 0 Å². The summed E-state index contributed by atoms with van der Waals surface area (Å²) in [4.78, 5) is 30.5. The Kier molecular flexibility index (Phi) is 5.64. The van der Waals surface area contributed by atoms with Gasteiger partial charge in [0.15, 0.2) is 9.84 Å². The maximum absolute atomic E-state index is 13.0. The maximum Gasteiger partial charge on any atom is 0.256 e. The molecule has 0 unspecified atom stereocenters. The molecule has 9 heteroatoms. The molecule has 0 atom stereocenters. The average molecular weight is 407 g/mol. The number of aromatic nitrogens is 2. The number of hydrogen-bond acceptors (Lipinski definition) is 5. The Morgan fingerprint density at radius 1 is 1.18 bits per heavy atom. The molecule has 1 saturated heterocycles. The Labute approximate surface area is 162 Å². The molecule has 28 heavy (non-hydrogen) atoms. The molecule has 0 N–H and O–H groups in total. The number of carbonyl (C=O) groups is 1. The van der Waals surface area contributed by atoms with Crippen LogP contribution in [-0.2, 0) is 21.2 Å². The lowest BCUT2D eigenvalue weighted by Crippen LogP contribution is -2.44. The van der Waals surface area contributed by atoms with Crippen LogP contribution in [-0.4, -0.2) is 47.1 Å². The van der Waals surface area contributed by atoms with Gasteiger partial charge in [-0.05, 0) is 51.0 Å². The van der Waals surface area contributed by atoms with E-state index in [9.17, 15) is 22.4 Å². The minimum atomic E-state index is -3.57. The topological polar surface area (TPSA) is 89.3 Å². The molecule has 1 aliphatic heterocycles. The third kappa shape index (κ3) is 3.99. The highest BCUT2D eigenvalue weighted by molar-refractivity contribution is 7.92. The zero-order valence-corrected chi connectivity index (χ0v) is 16.6. The second-order valence-corrected chi connectivity index (χ2v) is 9.20. The van der Waals surface area contributed by atoms with E-state index in [1.807, 2.05) is 0 Å². The summed E-state index contributed by atoms with van der Waals surface area (Å²) in [5.41, 5.74) is 0.870. The average Bonchev–Trinajstić information content (AvgIpc) is 2.69. The number of rotatable bonds is 4. The fourth-order valence-corrected chi connectivity index (χ4v) is 5.00. The molecule has 0 radical (unpaired) electrons. The molecule has 0 bridgehead atoms. The summed E-state index contributed by atoms with van der Waals surface area (Å²) >= 11 is 0. The summed E-state index contributed by atoms with van der Waals surface area (Å²) in [7, 11) is -3.57. The molecule has 0 spiro atoms. The van der Waals surface area contributed by atoms with Crippen LogP contribution in [0.3, 0.4) is 0 Å². The van der Waals surface area contributed by atoms with Crippen LogP contribution in [0, 0.1) is 19.7 Å². The molecule has 1 fully saturated rings. The van der Waals surface area contributed by atoms with E-state index in [1.54, 1.807) is 18.7 Å². The Bertz CT molecular complexity index is 1040. The normalized spacial score (nSPS) is 15.6. The van der Waals surface area contributed by atoms with Gasteiger partial charge in [0.1, 0.15) is 12.4 Å². The van der Waals surface area contributed by atoms with Crippen molar-refractivity contribution in [3.05, 3.63) is 58.0 Å². The Hall–Kier alpha value is -2.55. The van der Waals surface area contributed by atoms with Gasteiger partial charge in [-0.2, -0.15) is 0 Å². The summed E-state index contributed by atoms with van der Waals surface area (Å²) in [5, 5.41) is -0.618. The molecule has 1 aromatic heterocycles. The van der Waals surface area contributed by atoms with Gasteiger partial charge in [0, 0.05) is 24.3 Å². The Balaban J connectivity index is 1.65. The molecule has 1 amide bonds. The second kappa shape index (κ2) is 7.83. The number of piperidine rings is 1. The van der Waals surface area contributed by atoms with E-state index in [-0.39, 0.29) is 36.0 Å². The van der Waals surface area contributed by atoms with E-state index >= 15 is 0 Å². The zero-order valence-electron chi connectivity index (χ0n) is 15.8. The minimum Gasteiger partial charge on any atom is -0.341 e. The quantitative estimate of drug-likeness (QED) is 0.716. The third-order valence-electron chi connectivity index (χ3n) is 5.20. The molecule has 150 valence electrons. The van der Waals surface area contributed by atoms with Crippen molar-refractivity contribution in [2.75, 3.05) is 13.1 Å². The number of aryl methyl sites for hydroxylation is 1. The van der Waals surface area contributed by atoms with Crippen LogP contribution in [0.2, 0.25) is 0 Å². The summed E-state index contributed by atoms with van der Waals surface area (Å²) in [6, 6.07) is 4.78. The number of nitrogens with zero attached hydrogens (tertiary/aromatic N) is 3. The van der Waals surface area contributed by atoms with Gasteiger partial charge in [0.05, 0.1) is 16.5 Å². The van der Waals surface area contributed by atoms with Crippen molar-refractivity contribution in [1.82, 2.24) is 14.5 Å². The number of benzene rings is 1. The molecule has 1 aromatic carbocycles. The first-order valence-electron chi connectivity index (χ1n) is 9.00. The van der Waals surface area contributed by atoms with Gasteiger partial charge in [-0.25, -0.2) is 17.8 Å². The minimum absolute atomic E-state index is 0.0893. The van der Waals surface area contributed by atoms with Crippen molar-refractivity contribution in [3.63, 3.8) is 0 Å². The van der Waals surface area contributed by atoms with Gasteiger partial charge in [0.2, 0.25) is 5.91 Å². The van der Waals surface area contributed by atoms with E-state index in [4.69, 9.17) is 0 Å². The maximum atomic E-state index is 13.0. The lowest BCUT2D eigenvalue weighted by Gasteiger charge is -2.32. The molecule has 0 aliphatic carbocycles. The number of sulfone groups is 1. The SMILES string of the molecule is Cc1ncn(CC(=O)N2CCC(S(=O)(=O)c3ccc(F)cc3)CC2)c(=O)c1C. The molecule has 0 saturated carbocycles. The highest BCUT2D eigenvalue weighted by Crippen LogP contribution is 2.25. The Morgan fingerprint density at radius 2 is 1.79 bits per heavy atom. The first-order chi connectivity index (χ1) is 13.2. The van der Waals surface area contributed by atoms with E-state index in [0.29, 0.717) is 24.1 Å². The molecule has 2 aromatic rings. The lowest BCUT2D eigenvalue weighted by atomic mass is 10.1. The van der Waals surface area contributed by atoms with Crippen LogP contribution in [0.4, 0.5) is 4.39 Å². The molecule has 3 rings (SSSR count). The summed E-state index contributed by atoms with van der Waals surface area (Å²) in [6.45, 7) is 3.85. The smallest absolute Gasteiger partial charge is 0.256 e. The van der Waals surface area contributed by atoms with Crippen molar-refractivity contribution < 1.29 is 17.6 Å². The second-order valence-electron chi connectivity index (χ2n) is 6.97. The van der Waals surface area contributed by atoms with E-state index in [1.165, 1.54) is 23.0 Å². The van der Waals surface area contributed by atoms with Crippen LogP contribution in [0.25, 0.3) is 0 Å². The Morgan fingerprint density at radius 3 is 2.39 bits per heavy atom. The largest absolute Gasteiger partial charge is 0.341 e. The summed E-state index contributed by atoms with van der Waals surface area (Å²) in [5.74, 6) is -0.736. The monoisotopic (exact) mass is 407 g/mol. The van der Waals surface area contributed by atoms with E-state index < -0.39 is 20.9 Å². The van der Waals surface area contributed by atoms with Gasteiger partial charge in [-0.15, -0.1) is 0 Å². The van der Waals surface area contributed by atoms with Gasteiger partial charge < -0.3 is 4.90 Å². The fourth-order valence-electron chi connectivity index (χ4n) is 3.27. The van der Waals surface area contributed by atoms with E-state index in [2.05, 4.69) is 4.98 Å². The summed E-state index contributed by atoms with van der Waals surface area (Å²) < 4.78 is 39.7. The standard InChI is InChI=1S/C19H22FN3O4S/c1-13-14(2)21-12-23(19(13)25)11-18(24)22-9-7-17(8-10-22)28(26,27)16-5-3-15(20)4-6-16/h3-6,12,17H,7-11H2,1-2H3. The molecular weight excluding hydrogens is 385 g/mol. The van der Waals surface area contributed by atoms with Crippen molar-refractivity contribution in [3.8, 4) is 0 Å². The predicted octanol–water partition coefficient (Wildman–Crippen LogP) is 1.46. The molecular formula is C19H22FN3O4S. The van der Waals surface area contributed by atoms with Crippen molar-refractivity contribution in [2.24, 2.45) is 0 Å². The van der Waals surface area contributed by atoms with Gasteiger partial charge in [0.25, 0.3) is 5.56 Å². The number of hydrogen-bond donors (Lipinski definition) is 0. The number of likely N-dealkylation sites (tertiary alicyclic amines) is 1. The predicted molar refractivity (Wildman–Crippen MR) is 101 cm³/mol. The molecule has 1 aliphatic rings. The van der Waals surface area contributed by atoms with Crippen LogP contribution < -0.4 is 5.56 Å². The van der Waals surface area contributed by atoms with Crippen LogP contribution in [0.1, 0.15) is 24.1 Å². The lowest BCUT2D eigenvalue weighted by molar-refractivity contribution is -0.132. The summed E-state index contributed by atoms with van der Waals surface area (Å²) in [6.07, 6.45) is 1.95. The highest BCUT2D eigenvalue weighted by Gasteiger charge is 2.32. The number of halogens is 1. The van der Waals surface area contributed by atoms with Crippen molar-refractivity contribution >= 4 is 15.7 Å². The molecule has 7 nitrogen and oxygen atoms in total. The number of carbonyl (C=O) groups excluding carboxylic acids is 1. The number of amides is 1. The molecule has 2 heterocycles. The van der Waals surface area contributed by atoms with Gasteiger partial charge in [-0.3, -0.25) is 14.2 Å². The first kappa shape index (κ1) is 20.2. The van der Waals surface area contributed by atoms with Crippen LogP contribution in [0.5, 0.6) is 0 Å². The van der Waals surface area contributed by atoms with Crippen molar-refractivity contribution in [1.29, 1.82) is 0 Å². The van der Waals surface area contributed by atoms with Crippen molar-refractivity contribution in [2.45, 2.75) is 43.4 Å². The fraction of sp³-hybridized carbons (Fsp3) is 0.421. The first-order valence-corrected chi connectivity index (χ1v) is 10.5. The van der Waals surface area contributed by atoms with Gasteiger partial charge >= 0.3 is 0 Å². The van der Waals surface area contributed by atoms with E-state index in [0.717, 1.165) is 12.1 Å². The third-order valence-corrected chi connectivity index (χ3v) is 7.47.